The lowest BCUT2D eigenvalue weighted by atomic mass is 9.75. The van der Waals surface area contributed by atoms with Crippen LogP contribution < -0.4 is 0 Å². The topological polar surface area (TPSA) is 76.1 Å². The fourth-order valence-electron chi connectivity index (χ4n) is 3.64. The van der Waals surface area contributed by atoms with Crippen molar-refractivity contribution in [3.8, 4) is 0 Å². The first-order valence-corrected chi connectivity index (χ1v) is 7.75. The number of hydrogen-bond donors (Lipinski definition) is 1. The molecule has 0 saturated carbocycles. The summed E-state index contributed by atoms with van der Waals surface area (Å²) in [5.74, 6) is -1.61. The summed E-state index contributed by atoms with van der Waals surface area (Å²) in [5, 5.41) is 11.0. The van der Waals surface area contributed by atoms with Crippen molar-refractivity contribution >= 4 is 11.9 Å². The lowest BCUT2D eigenvalue weighted by Crippen LogP contribution is -2.63. The van der Waals surface area contributed by atoms with Crippen molar-refractivity contribution in [1.29, 1.82) is 0 Å². The Kier molecular flexibility index (Phi) is 4.63. The Morgan fingerprint density at radius 2 is 2.32 bits per heavy atom. The Labute approximate surface area is 131 Å². The molecule has 0 aromatic heterocycles. The van der Waals surface area contributed by atoms with E-state index >= 15 is 0 Å². The summed E-state index contributed by atoms with van der Waals surface area (Å²) in [5.41, 5.74) is -3.03. The van der Waals surface area contributed by atoms with Gasteiger partial charge in [0.25, 0.3) is 0 Å². The van der Waals surface area contributed by atoms with Gasteiger partial charge in [-0.05, 0) is 26.2 Å². The van der Waals surface area contributed by atoms with E-state index in [1.54, 1.807) is 6.08 Å². The van der Waals surface area contributed by atoms with E-state index in [2.05, 4.69) is 6.58 Å². The summed E-state index contributed by atoms with van der Waals surface area (Å²) in [6.45, 7) is 7.17. The molecule has 0 radical (unpaired) electrons. The molecule has 6 nitrogen and oxygen atoms in total. The first kappa shape index (κ1) is 17.0. The molecule has 2 saturated heterocycles. The average molecular weight is 311 g/mol. The predicted molar refractivity (Wildman–Crippen MR) is 79.8 cm³/mol. The second-order valence-electron chi connectivity index (χ2n) is 6.19. The third kappa shape index (κ3) is 2.08. The predicted octanol–water partition coefficient (Wildman–Crippen LogP) is 1.23. The number of methoxy groups -OCH3 is 1. The zero-order chi connectivity index (χ0) is 16.5. The Morgan fingerprint density at radius 1 is 1.64 bits per heavy atom. The molecular formula is C16H25NO5. The Balaban J connectivity index is 2.46. The molecule has 124 valence electrons. The minimum Gasteiger partial charge on any atom is -0.467 e. The molecule has 1 amide bonds. The summed E-state index contributed by atoms with van der Waals surface area (Å²) in [4.78, 5) is 26.7. The van der Waals surface area contributed by atoms with Crippen LogP contribution in [0.2, 0.25) is 0 Å². The highest BCUT2D eigenvalue weighted by Crippen LogP contribution is 2.50. The van der Waals surface area contributed by atoms with Crippen molar-refractivity contribution in [3.05, 3.63) is 12.7 Å². The number of nitrogens with zero attached hydrogens (tertiary/aromatic N) is 1. The smallest absolute Gasteiger partial charge is 0.337 e. The molecule has 1 unspecified atom stereocenters. The maximum absolute atomic E-state index is 12.8. The van der Waals surface area contributed by atoms with Gasteiger partial charge in [0.2, 0.25) is 5.91 Å². The molecule has 1 N–H and O–H groups in total. The highest BCUT2D eigenvalue weighted by Gasteiger charge is 2.74. The van der Waals surface area contributed by atoms with Gasteiger partial charge in [-0.15, -0.1) is 6.58 Å². The monoisotopic (exact) mass is 311 g/mol. The molecule has 2 aliphatic rings. The van der Waals surface area contributed by atoms with Gasteiger partial charge >= 0.3 is 5.97 Å². The number of amides is 1. The van der Waals surface area contributed by atoms with E-state index in [-0.39, 0.29) is 12.5 Å². The molecule has 0 bridgehead atoms. The molecule has 22 heavy (non-hydrogen) atoms. The fourth-order valence-corrected chi connectivity index (χ4v) is 3.64. The van der Waals surface area contributed by atoms with Crippen molar-refractivity contribution < 1.29 is 24.2 Å². The largest absolute Gasteiger partial charge is 0.467 e. The van der Waals surface area contributed by atoms with Gasteiger partial charge in [0, 0.05) is 0 Å². The molecule has 6 heteroatoms. The highest BCUT2D eigenvalue weighted by molar-refractivity contribution is 5.96. The average Bonchev–Trinajstić information content (AvgIpc) is 2.95. The lowest BCUT2D eigenvalue weighted by molar-refractivity contribution is -0.166. The molecule has 0 aliphatic carbocycles. The number of aliphatic hydroxyl groups is 1. The van der Waals surface area contributed by atoms with Crippen molar-refractivity contribution in [3.63, 3.8) is 0 Å². The summed E-state index contributed by atoms with van der Waals surface area (Å²) in [6.07, 6.45) is 3.87. The van der Waals surface area contributed by atoms with Gasteiger partial charge in [-0.1, -0.05) is 19.4 Å². The zero-order valence-corrected chi connectivity index (χ0v) is 13.5. The SMILES string of the molecule is C=CC[C@H]1C(=O)N2C(CCCC)OC[C@]2(C(=O)OC)[C@@]1(C)O. The first-order chi connectivity index (χ1) is 10.4. The summed E-state index contributed by atoms with van der Waals surface area (Å²) >= 11 is 0. The summed E-state index contributed by atoms with van der Waals surface area (Å²) in [7, 11) is 1.26. The van der Waals surface area contributed by atoms with Crippen molar-refractivity contribution in [2.24, 2.45) is 5.92 Å². The molecule has 2 fully saturated rings. The van der Waals surface area contributed by atoms with Crippen LogP contribution in [-0.4, -0.2) is 53.0 Å². The van der Waals surface area contributed by atoms with E-state index < -0.39 is 29.3 Å². The molecule has 0 aromatic carbocycles. The zero-order valence-electron chi connectivity index (χ0n) is 13.5. The van der Waals surface area contributed by atoms with Crippen LogP contribution in [0.4, 0.5) is 0 Å². The van der Waals surface area contributed by atoms with Gasteiger partial charge in [-0.25, -0.2) is 4.79 Å². The van der Waals surface area contributed by atoms with Gasteiger partial charge in [-0.3, -0.25) is 9.69 Å². The van der Waals surface area contributed by atoms with Crippen LogP contribution in [0.15, 0.2) is 12.7 Å². The number of unbranched alkanes of at least 4 members (excludes halogenated alkanes) is 1. The Hall–Kier alpha value is -1.40. The Bertz CT molecular complexity index is 475. The normalized spacial score (nSPS) is 37.3. The van der Waals surface area contributed by atoms with Crippen molar-refractivity contribution in [2.45, 2.75) is 56.9 Å². The molecule has 4 atom stereocenters. The minimum absolute atomic E-state index is 0.0412. The van der Waals surface area contributed by atoms with E-state index in [1.165, 1.54) is 18.9 Å². The number of rotatable bonds is 6. The second kappa shape index (κ2) is 6.01. The van der Waals surface area contributed by atoms with Crippen LogP contribution in [0.3, 0.4) is 0 Å². The molecular weight excluding hydrogens is 286 g/mol. The third-order valence-electron chi connectivity index (χ3n) is 4.97. The molecule has 2 heterocycles. The van der Waals surface area contributed by atoms with Gasteiger partial charge < -0.3 is 14.6 Å². The number of esters is 1. The fraction of sp³-hybridized carbons (Fsp3) is 0.750. The van der Waals surface area contributed by atoms with E-state index in [0.29, 0.717) is 12.8 Å². The van der Waals surface area contributed by atoms with Crippen molar-refractivity contribution in [1.82, 2.24) is 4.90 Å². The van der Waals surface area contributed by atoms with Gasteiger partial charge in [0.1, 0.15) is 11.8 Å². The summed E-state index contributed by atoms with van der Waals surface area (Å²) < 4.78 is 10.6. The van der Waals surface area contributed by atoms with Crippen LogP contribution in [-0.2, 0) is 19.1 Å². The van der Waals surface area contributed by atoms with Crippen LogP contribution >= 0.6 is 0 Å². The van der Waals surface area contributed by atoms with Crippen LogP contribution in [0, 0.1) is 5.92 Å². The minimum atomic E-state index is -1.56. The van der Waals surface area contributed by atoms with Crippen molar-refractivity contribution in [2.75, 3.05) is 13.7 Å². The number of carbonyl (C=O) groups is 2. The molecule has 2 rings (SSSR count). The number of carbonyl (C=O) groups excluding carboxylic acids is 2. The van der Waals surface area contributed by atoms with Crippen LogP contribution in [0.1, 0.15) is 39.5 Å². The highest BCUT2D eigenvalue weighted by atomic mass is 16.6. The molecule has 0 aromatic rings. The maximum atomic E-state index is 12.8. The Morgan fingerprint density at radius 3 is 2.86 bits per heavy atom. The van der Waals surface area contributed by atoms with E-state index in [4.69, 9.17) is 9.47 Å². The number of hydrogen-bond acceptors (Lipinski definition) is 5. The summed E-state index contributed by atoms with van der Waals surface area (Å²) in [6, 6.07) is 0. The van der Waals surface area contributed by atoms with E-state index in [1.807, 2.05) is 6.92 Å². The van der Waals surface area contributed by atoms with E-state index in [0.717, 1.165) is 12.8 Å². The first-order valence-electron chi connectivity index (χ1n) is 7.75. The standard InChI is InChI=1S/C16H25NO5/c1-5-7-9-12-17-13(18)11(8-6-2)15(3,20)16(17,10-22-12)14(19)21-4/h6,11-12,20H,2,5,7-10H2,1,3-4H3/t11-,12?,15-,16-/m0/s1. The maximum Gasteiger partial charge on any atom is 0.337 e. The van der Waals surface area contributed by atoms with Crippen LogP contribution in [0.5, 0.6) is 0 Å². The van der Waals surface area contributed by atoms with Gasteiger partial charge in [0.05, 0.1) is 19.6 Å². The lowest BCUT2D eigenvalue weighted by Gasteiger charge is -2.38. The second-order valence-corrected chi connectivity index (χ2v) is 6.19. The van der Waals surface area contributed by atoms with Gasteiger partial charge in [0.15, 0.2) is 5.54 Å². The quantitative estimate of drug-likeness (QED) is 0.590. The van der Waals surface area contributed by atoms with E-state index in [9.17, 15) is 14.7 Å². The molecule has 0 spiro atoms. The number of ether oxygens (including phenoxy) is 2. The molecule has 2 aliphatic heterocycles. The van der Waals surface area contributed by atoms with Crippen LogP contribution in [0.25, 0.3) is 0 Å². The van der Waals surface area contributed by atoms with Gasteiger partial charge in [-0.2, -0.15) is 0 Å². The number of allylic oxidation sites excluding steroid dienone is 1. The number of fused-ring (bicyclic) bond motifs is 1. The third-order valence-corrected chi connectivity index (χ3v) is 4.97.